The van der Waals surface area contributed by atoms with Crippen LogP contribution in [0.1, 0.15) is 27.2 Å². The van der Waals surface area contributed by atoms with Gasteiger partial charge in [0.15, 0.2) is 17.6 Å². The van der Waals surface area contributed by atoms with Crippen molar-refractivity contribution in [3.63, 3.8) is 0 Å². The Bertz CT molecular complexity index is 694. The topological polar surface area (TPSA) is 59.0 Å². The maximum atomic E-state index is 14.1. The van der Waals surface area contributed by atoms with Crippen molar-refractivity contribution in [2.75, 3.05) is 64.3 Å². The van der Waals surface area contributed by atoms with E-state index >= 15 is 0 Å². The molecule has 0 bridgehead atoms. The number of rotatable bonds is 7. The second-order valence-corrected chi connectivity index (χ2v) is 8.76. The van der Waals surface area contributed by atoms with E-state index < -0.39 is 0 Å². The highest BCUT2D eigenvalue weighted by Gasteiger charge is 2.27. The molecule has 2 N–H and O–H groups in total. The first-order valence-corrected chi connectivity index (χ1v) is 11.3. The van der Waals surface area contributed by atoms with Crippen LogP contribution in [-0.2, 0) is 0 Å². The van der Waals surface area contributed by atoms with Gasteiger partial charge in [-0.05, 0) is 38.4 Å². The normalized spacial score (nSPS) is 21.8. The summed E-state index contributed by atoms with van der Waals surface area (Å²) in [4.78, 5) is 16.1. The molecule has 0 aliphatic carbocycles. The summed E-state index contributed by atoms with van der Waals surface area (Å²) in [5, 5.41) is 6.94. The molecule has 31 heavy (non-hydrogen) atoms. The summed E-state index contributed by atoms with van der Waals surface area (Å²) in [6, 6.07) is 3.77. The largest absolute Gasteiger partial charge is 0.357 e. The number of nitrogens with one attached hydrogen (secondary N) is 2. The smallest absolute Gasteiger partial charge is 0.191 e. The van der Waals surface area contributed by atoms with E-state index in [1.807, 2.05) is 4.90 Å². The lowest BCUT2D eigenvalue weighted by Gasteiger charge is -2.39. The van der Waals surface area contributed by atoms with Crippen molar-refractivity contribution in [2.45, 2.75) is 39.3 Å². The number of hydrogen-bond donors (Lipinski definition) is 2. The lowest BCUT2D eigenvalue weighted by atomic mass is 10.0. The molecule has 3 rings (SSSR count). The second kappa shape index (κ2) is 12.7. The number of aliphatic imine (C=N–C) groups is 1. The van der Waals surface area contributed by atoms with Gasteiger partial charge in [-0.3, -0.25) is 9.89 Å². The fourth-order valence-corrected chi connectivity index (χ4v) is 4.28. The number of anilines is 1. The van der Waals surface area contributed by atoms with Crippen LogP contribution in [0.2, 0.25) is 0 Å². The highest BCUT2D eigenvalue weighted by molar-refractivity contribution is 14.0. The van der Waals surface area contributed by atoms with Gasteiger partial charge in [-0.2, -0.15) is 0 Å². The van der Waals surface area contributed by atoms with Crippen molar-refractivity contribution >= 4 is 35.8 Å². The minimum absolute atomic E-state index is 0. The summed E-state index contributed by atoms with van der Waals surface area (Å²) in [5.41, 5.74) is 0. The van der Waals surface area contributed by atoms with Crippen LogP contribution in [-0.4, -0.2) is 92.2 Å². The maximum Gasteiger partial charge on any atom is 0.191 e. The van der Waals surface area contributed by atoms with E-state index in [0.29, 0.717) is 17.8 Å². The van der Waals surface area contributed by atoms with Gasteiger partial charge in [-0.15, -0.1) is 24.0 Å². The average molecular weight is 548 g/mol. The summed E-state index contributed by atoms with van der Waals surface area (Å²) >= 11 is 0. The van der Waals surface area contributed by atoms with Gasteiger partial charge < -0.3 is 20.4 Å². The van der Waals surface area contributed by atoms with Crippen LogP contribution in [0, 0.1) is 11.7 Å². The molecule has 2 fully saturated rings. The molecule has 1 aromatic heterocycles. The lowest BCUT2D eigenvalue weighted by Crippen LogP contribution is -2.52. The van der Waals surface area contributed by atoms with Gasteiger partial charge in [0.1, 0.15) is 0 Å². The zero-order chi connectivity index (χ0) is 21.5. The fraction of sp³-hybridized carbons (Fsp3) is 0.727. The van der Waals surface area contributed by atoms with Gasteiger partial charge in [0.05, 0.1) is 6.54 Å². The molecule has 0 amide bonds. The predicted octanol–water partition coefficient (Wildman–Crippen LogP) is 2.24. The lowest BCUT2D eigenvalue weighted by molar-refractivity contribution is 0.0925. The molecule has 2 aliphatic rings. The third-order valence-electron chi connectivity index (χ3n) is 6.12. The Kier molecular flexibility index (Phi) is 10.7. The number of hydrogen-bond acceptors (Lipinski definition) is 5. The second-order valence-electron chi connectivity index (χ2n) is 8.76. The first-order valence-electron chi connectivity index (χ1n) is 11.3. The summed E-state index contributed by atoms with van der Waals surface area (Å²) in [6.07, 6.45) is 2.58. The number of likely N-dealkylation sites (N-methyl/N-ethyl adjacent to an activating group) is 1. The Morgan fingerprint density at radius 2 is 2.00 bits per heavy atom. The number of piperazine rings is 1. The molecule has 2 saturated heterocycles. The monoisotopic (exact) mass is 547 g/mol. The summed E-state index contributed by atoms with van der Waals surface area (Å²) in [5.74, 6) is 1.59. The Labute approximate surface area is 203 Å². The highest BCUT2D eigenvalue weighted by atomic mass is 127. The Balaban J connectivity index is 0.00000341. The van der Waals surface area contributed by atoms with Crippen LogP contribution < -0.4 is 15.5 Å². The molecule has 2 atom stereocenters. The van der Waals surface area contributed by atoms with Crippen molar-refractivity contribution in [1.29, 1.82) is 0 Å². The van der Waals surface area contributed by atoms with Crippen molar-refractivity contribution in [2.24, 2.45) is 10.9 Å². The quantitative estimate of drug-likeness (QED) is 0.311. The van der Waals surface area contributed by atoms with E-state index in [0.717, 1.165) is 64.7 Å². The summed E-state index contributed by atoms with van der Waals surface area (Å²) < 4.78 is 14.1. The van der Waals surface area contributed by atoms with Crippen LogP contribution in [0.3, 0.4) is 0 Å². The zero-order valence-corrected chi connectivity index (χ0v) is 21.7. The van der Waals surface area contributed by atoms with Crippen LogP contribution in [0.5, 0.6) is 0 Å². The molecule has 0 radical (unpaired) electrons. The molecular formula is C22H39FIN7. The summed E-state index contributed by atoms with van der Waals surface area (Å²) in [7, 11) is 2.19. The first-order chi connectivity index (χ1) is 14.5. The van der Waals surface area contributed by atoms with Gasteiger partial charge in [0, 0.05) is 64.1 Å². The minimum Gasteiger partial charge on any atom is -0.357 e. The molecule has 7 nitrogen and oxygen atoms in total. The fourth-order valence-electron chi connectivity index (χ4n) is 4.28. The minimum atomic E-state index is -0.259. The molecule has 2 unspecified atom stereocenters. The van der Waals surface area contributed by atoms with E-state index in [9.17, 15) is 4.39 Å². The zero-order valence-electron chi connectivity index (χ0n) is 19.4. The molecule has 3 heterocycles. The van der Waals surface area contributed by atoms with Crippen molar-refractivity contribution < 1.29 is 4.39 Å². The van der Waals surface area contributed by atoms with Crippen molar-refractivity contribution in [3.05, 3.63) is 24.1 Å². The number of guanidine groups is 1. The van der Waals surface area contributed by atoms with E-state index in [1.165, 1.54) is 6.07 Å². The van der Waals surface area contributed by atoms with Gasteiger partial charge in [-0.25, -0.2) is 9.37 Å². The standard InChI is InChI=1S/C22H38FN7.HI/c1-5-24-22(26-15-20(17(2)3)29-13-11-28(4)12-14-29)27-18-8-10-30(16-18)21-19(23)7-6-9-25-21;/h6-7,9,17-18,20H,5,8,10-16H2,1-4H3,(H2,24,26,27);1H. The van der Waals surface area contributed by atoms with Gasteiger partial charge >= 0.3 is 0 Å². The van der Waals surface area contributed by atoms with Gasteiger partial charge in [-0.1, -0.05) is 13.8 Å². The molecular weight excluding hydrogens is 508 g/mol. The average Bonchev–Trinajstić information content (AvgIpc) is 3.18. The van der Waals surface area contributed by atoms with E-state index in [1.54, 1.807) is 12.3 Å². The van der Waals surface area contributed by atoms with Gasteiger partial charge in [0.2, 0.25) is 0 Å². The van der Waals surface area contributed by atoms with Crippen LogP contribution >= 0.6 is 24.0 Å². The molecule has 0 spiro atoms. The maximum absolute atomic E-state index is 14.1. The molecule has 9 heteroatoms. The number of nitrogens with zero attached hydrogens (tertiary/aromatic N) is 5. The molecule has 0 saturated carbocycles. The molecule has 0 aromatic carbocycles. The van der Waals surface area contributed by atoms with Gasteiger partial charge in [0.25, 0.3) is 0 Å². The van der Waals surface area contributed by atoms with Crippen LogP contribution in [0.25, 0.3) is 0 Å². The Morgan fingerprint density at radius 3 is 2.65 bits per heavy atom. The third-order valence-corrected chi connectivity index (χ3v) is 6.12. The SMILES string of the molecule is CCNC(=NCC(C(C)C)N1CCN(C)CC1)NC1CCN(c2ncccc2F)C1.I. The van der Waals surface area contributed by atoms with E-state index in [-0.39, 0.29) is 35.8 Å². The van der Waals surface area contributed by atoms with E-state index in [2.05, 4.69) is 53.2 Å². The molecule has 176 valence electrons. The van der Waals surface area contributed by atoms with Crippen molar-refractivity contribution in [1.82, 2.24) is 25.4 Å². The highest BCUT2D eigenvalue weighted by Crippen LogP contribution is 2.21. The van der Waals surface area contributed by atoms with E-state index in [4.69, 9.17) is 4.99 Å². The third kappa shape index (κ3) is 7.42. The summed E-state index contributed by atoms with van der Waals surface area (Å²) in [6.45, 7) is 14.2. The number of pyridine rings is 1. The molecule has 2 aliphatic heterocycles. The van der Waals surface area contributed by atoms with Crippen molar-refractivity contribution in [3.8, 4) is 0 Å². The van der Waals surface area contributed by atoms with Crippen LogP contribution in [0.4, 0.5) is 10.2 Å². The Morgan fingerprint density at radius 1 is 1.26 bits per heavy atom. The first kappa shape index (κ1) is 26.1. The van der Waals surface area contributed by atoms with Crippen LogP contribution in [0.15, 0.2) is 23.3 Å². The predicted molar refractivity (Wildman–Crippen MR) is 137 cm³/mol. The Hall–Kier alpha value is -1.20. The number of halogens is 2. The molecule has 1 aromatic rings. The number of aromatic nitrogens is 1.